The number of nitrogens with one attached hydrogen (secondary N) is 2. The highest BCUT2D eigenvalue weighted by Crippen LogP contribution is 2.18. The average Bonchev–Trinajstić information content (AvgIpc) is 2.86. The molecular formula is C26H24Cl2FN5O2. The Kier molecular flexibility index (Phi) is 9.55. The highest BCUT2D eigenvalue weighted by molar-refractivity contribution is 6.29. The molecule has 0 saturated carbocycles. The molecule has 7 nitrogen and oxygen atoms in total. The predicted molar refractivity (Wildman–Crippen MR) is 142 cm³/mol. The van der Waals surface area contributed by atoms with Gasteiger partial charge in [0.15, 0.2) is 6.29 Å². The number of aromatic nitrogens is 3. The SMILES string of the molecule is CNc1cccc(Cl)n1.Cc1c(C=O)c(NCc2ccc(F)cc2)cc(=O)n1Cc1cccc(Cl)n1. The van der Waals surface area contributed by atoms with Gasteiger partial charge in [0, 0.05) is 25.4 Å². The lowest BCUT2D eigenvalue weighted by Gasteiger charge is -2.16. The number of hydrogen-bond donors (Lipinski definition) is 2. The molecule has 0 amide bonds. The van der Waals surface area contributed by atoms with E-state index < -0.39 is 0 Å². The van der Waals surface area contributed by atoms with Crippen LogP contribution in [0.4, 0.5) is 15.9 Å². The van der Waals surface area contributed by atoms with Crippen molar-refractivity contribution in [3.8, 4) is 0 Å². The van der Waals surface area contributed by atoms with Crippen LogP contribution in [0, 0.1) is 12.7 Å². The molecule has 0 atom stereocenters. The number of carbonyl (C=O) groups is 1. The van der Waals surface area contributed by atoms with Crippen LogP contribution in [0.1, 0.15) is 27.3 Å². The number of benzene rings is 1. The molecule has 3 aromatic heterocycles. The Labute approximate surface area is 217 Å². The molecule has 0 radical (unpaired) electrons. The van der Waals surface area contributed by atoms with Crippen LogP contribution >= 0.6 is 23.2 Å². The largest absolute Gasteiger partial charge is 0.380 e. The monoisotopic (exact) mass is 527 g/mol. The number of carbonyl (C=O) groups excluding carboxylic acids is 1. The number of aldehydes is 1. The second-order valence-electron chi connectivity index (χ2n) is 7.63. The van der Waals surface area contributed by atoms with Gasteiger partial charge >= 0.3 is 0 Å². The Morgan fingerprint density at radius 3 is 2.25 bits per heavy atom. The molecular weight excluding hydrogens is 504 g/mol. The van der Waals surface area contributed by atoms with Gasteiger partial charge in [0.1, 0.15) is 21.9 Å². The summed E-state index contributed by atoms with van der Waals surface area (Å²) in [4.78, 5) is 32.3. The van der Waals surface area contributed by atoms with Crippen LogP contribution in [-0.4, -0.2) is 27.9 Å². The van der Waals surface area contributed by atoms with Gasteiger partial charge in [-0.3, -0.25) is 9.59 Å². The van der Waals surface area contributed by atoms with Gasteiger partial charge in [-0.1, -0.05) is 47.5 Å². The van der Waals surface area contributed by atoms with Gasteiger partial charge in [-0.2, -0.15) is 0 Å². The van der Waals surface area contributed by atoms with Crippen molar-refractivity contribution < 1.29 is 9.18 Å². The molecule has 4 rings (SSSR count). The first-order valence-corrected chi connectivity index (χ1v) is 11.7. The Bertz CT molecular complexity index is 1390. The summed E-state index contributed by atoms with van der Waals surface area (Å²) in [5.41, 5.74) is 2.54. The summed E-state index contributed by atoms with van der Waals surface area (Å²) in [6, 6.07) is 18.0. The molecule has 0 spiro atoms. The van der Waals surface area contributed by atoms with E-state index in [2.05, 4.69) is 20.6 Å². The zero-order valence-electron chi connectivity index (χ0n) is 19.6. The van der Waals surface area contributed by atoms with Crippen LogP contribution in [0.5, 0.6) is 0 Å². The first-order valence-electron chi connectivity index (χ1n) is 10.9. The third-order valence-corrected chi connectivity index (χ3v) is 5.62. The van der Waals surface area contributed by atoms with Crippen LogP contribution in [0.25, 0.3) is 0 Å². The summed E-state index contributed by atoms with van der Waals surface area (Å²) in [6.07, 6.45) is 0.712. The standard InChI is InChI=1S/C20H17ClFN3O2.C6H7ClN2/c1-13-17(12-26)18(23-10-14-5-7-15(22)8-6-14)9-20(27)25(13)11-16-3-2-4-19(21)24-16;1-8-6-4-2-3-5(7)9-6/h2-9,12,23H,10-11H2,1H3;2-4H,1H3,(H,8,9). The first-order chi connectivity index (χ1) is 17.3. The number of pyridine rings is 3. The molecule has 0 aliphatic rings. The highest BCUT2D eigenvalue weighted by Gasteiger charge is 2.13. The maximum absolute atomic E-state index is 13.0. The number of halogens is 3. The first kappa shape index (κ1) is 26.8. The van der Waals surface area contributed by atoms with Crippen molar-refractivity contribution in [2.45, 2.75) is 20.0 Å². The van der Waals surface area contributed by atoms with Crippen LogP contribution in [0.3, 0.4) is 0 Å². The quantitative estimate of drug-likeness (QED) is 0.240. The van der Waals surface area contributed by atoms with E-state index in [4.69, 9.17) is 23.2 Å². The molecule has 36 heavy (non-hydrogen) atoms. The summed E-state index contributed by atoms with van der Waals surface area (Å²) < 4.78 is 14.5. The Morgan fingerprint density at radius 1 is 1.00 bits per heavy atom. The van der Waals surface area contributed by atoms with Crippen LogP contribution in [-0.2, 0) is 13.1 Å². The van der Waals surface area contributed by atoms with E-state index >= 15 is 0 Å². The van der Waals surface area contributed by atoms with E-state index in [1.165, 1.54) is 22.8 Å². The third-order valence-electron chi connectivity index (χ3n) is 5.20. The number of anilines is 2. The van der Waals surface area contributed by atoms with Crippen LogP contribution < -0.4 is 16.2 Å². The fourth-order valence-corrected chi connectivity index (χ4v) is 3.67. The van der Waals surface area contributed by atoms with Crippen molar-refractivity contribution in [2.24, 2.45) is 0 Å². The molecule has 0 aliphatic heterocycles. The molecule has 10 heteroatoms. The van der Waals surface area contributed by atoms with E-state index in [1.54, 1.807) is 50.4 Å². The van der Waals surface area contributed by atoms with E-state index in [9.17, 15) is 14.0 Å². The molecule has 186 valence electrons. The van der Waals surface area contributed by atoms with Gasteiger partial charge < -0.3 is 15.2 Å². The average molecular weight is 528 g/mol. The normalized spacial score (nSPS) is 10.2. The number of nitrogens with zero attached hydrogens (tertiary/aromatic N) is 3. The van der Waals surface area contributed by atoms with Gasteiger partial charge in [0.25, 0.3) is 5.56 Å². The maximum Gasteiger partial charge on any atom is 0.253 e. The third kappa shape index (κ3) is 7.37. The van der Waals surface area contributed by atoms with E-state index in [-0.39, 0.29) is 17.9 Å². The Hall–Kier alpha value is -3.75. The lowest BCUT2D eigenvalue weighted by molar-refractivity contribution is 0.112. The van der Waals surface area contributed by atoms with Crippen molar-refractivity contribution in [1.29, 1.82) is 0 Å². The molecule has 0 fully saturated rings. The molecule has 1 aromatic carbocycles. The summed E-state index contributed by atoms with van der Waals surface area (Å²) in [6.45, 7) is 2.28. The second kappa shape index (κ2) is 12.8. The van der Waals surface area contributed by atoms with E-state index in [0.717, 1.165) is 11.4 Å². The van der Waals surface area contributed by atoms with Crippen molar-refractivity contribution in [3.05, 3.63) is 116 Å². The molecule has 4 aromatic rings. The van der Waals surface area contributed by atoms with Crippen molar-refractivity contribution in [3.63, 3.8) is 0 Å². The number of hydrogen-bond acceptors (Lipinski definition) is 6. The smallest absolute Gasteiger partial charge is 0.253 e. The summed E-state index contributed by atoms with van der Waals surface area (Å²) >= 11 is 11.5. The maximum atomic E-state index is 13.0. The van der Waals surface area contributed by atoms with Gasteiger partial charge in [-0.05, 0) is 48.9 Å². The van der Waals surface area contributed by atoms with Crippen molar-refractivity contribution in [2.75, 3.05) is 17.7 Å². The summed E-state index contributed by atoms with van der Waals surface area (Å²) in [5, 5.41) is 6.81. The predicted octanol–water partition coefficient (Wildman–Crippen LogP) is 5.59. The zero-order chi connectivity index (χ0) is 26.1. The van der Waals surface area contributed by atoms with Gasteiger partial charge in [0.2, 0.25) is 0 Å². The van der Waals surface area contributed by atoms with Crippen LogP contribution in [0.15, 0.2) is 71.5 Å². The Balaban J connectivity index is 0.000000338. The zero-order valence-corrected chi connectivity index (χ0v) is 21.1. The molecule has 2 N–H and O–H groups in total. The van der Waals surface area contributed by atoms with Gasteiger partial charge in [-0.25, -0.2) is 14.4 Å². The van der Waals surface area contributed by atoms with E-state index in [0.29, 0.717) is 45.8 Å². The minimum Gasteiger partial charge on any atom is -0.380 e. The molecule has 3 heterocycles. The van der Waals surface area contributed by atoms with Gasteiger partial charge in [-0.15, -0.1) is 0 Å². The summed E-state index contributed by atoms with van der Waals surface area (Å²) in [7, 11) is 1.80. The minimum atomic E-state index is -0.319. The lowest BCUT2D eigenvalue weighted by atomic mass is 10.1. The number of rotatable bonds is 7. The molecule has 0 aliphatic carbocycles. The topological polar surface area (TPSA) is 88.9 Å². The highest BCUT2D eigenvalue weighted by atomic mass is 35.5. The van der Waals surface area contributed by atoms with Crippen molar-refractivity contribution >= 4 is 41.0 Å². The summed E-state index contributed by atoms with van der Waals surface area (Å²) in [5.74, 6) is 0.475. The fraction of sp³-hybridized carbons (Fsp3) is 0.154. The van der Waals surface area contributed by atoms with Crippen LogP contribution in [0.2, 0.25) is 10.3 Å². The Morgan fingerprint density at radius 2 is 1.67 bits per heavy atom. The fourth-order valence-electron chi connectivity index (χ4n) is 3.32. The second-order valence-corrected chi connectivity index (χ2v) is 8.40. The van der Waals surface area contributed by atoms with Gasteiger partial charge in [0.05, 0.1) is 23.5 Å². The molecule has 0 bridgehead atoms. The molecule has 0 unspecified atom stereocenters. The van der Waals surface area contributed by atoms with E-state index in [1.807, 2.05) is 12.1 Å². The van der Waals surface area contributed by atoms with Crippen molar-refractivity contribution in [1.82, 2.24) is 14.5 Å². The minimum absolute atomic E-state index is 0.213. The molecule has 0 saturated heterocycles. The lowest BCUT2D eigenvalue weighted by Crippen LogP contribution is -2.25.